The molecule has 134 valence electrons. The average molecular weight is 357 g/mol. The number of hydrazone groups is 1. The molecule has 0 aliphatic rings. The lowest BCUT2D eigenvalue weighted by Gasteiger charge is -2.09. The summed E-state index contributed by atoms with van der Waals surface area (Å²) in [7, 11) is 0. The van der Waals surface area contributed by atoms with E-state index in [1.165, 1.54) is 31.3 Å². The molecule has 1 atom stereocenters. The van der Waals surface area contributed by atoms with Crippen molar-refractivity contribution in [1.29, 1.82) is 0 Å². The molecule has 2 rings (SSSR count). The summed E-state index contributed by atoms with van der Waals surface area (Å²) < 4.78 is 5.19. The normalized spacial score (nSPS) is 11.7. The number of nitrogens with one attached hydrogen (secondary N) is 1. The van der Waals surface area contributed by atoms with Gasteiger partial charge in [-0.1, -0.05) is 6.07 Å². The van der Waals surface area contributed by atoms with Crippen LogP contribution >= 0.6 is 0 Å². The number of hydrogen-bond acceptors (Lipinski definition) is 6. The fourth-order valence-electron chi connectivity index (χ4n) is 1.88. The highest BCUT2D eigenvalue weighted by atomic mass is 16.6. The van der Waals surface area contributed by atoms with Crippen LogP contribution in [0.3, 0.4) is 0 Å². The molecule has 0 bridgehead atoms. The zero-order chi connectivity index (χ0) is 19.1. The molecule has 9 heteroatoms. The molecule has 2 aromatic rings. The van der Waals surface area contributed by atoms with Crippen LogP contribution in [0.2, 0.25) is 0 Å². The Hall–Kier alpha value is -3.75. The molecular formula is C17H15N3O6. The first-order valence-electron chi connectivity index (χ1n) is 7.44. The Morgan fingerprint density at radius 3 is 2.58 bits per heavy atom. The number of carboxylic acids is 1. The van der Waals surface area contributed by atoms with Gasteiger partial charge < -0.3 is 9.84 Å². The monoisotopic (exact) mass is 357 g/mol. The van der Waals surface area contributed by atoms with Gasteiger partial charge in [-0.05, 0) is 42.8 Å². The predicted molar refractivity (Wildman–Crippen MR) is 92.3 cm³/mol. The molecular weight excluding hydrogens is 342 g/mol. The van der Waals surface area contributed by atoms with Gasteiger partial charge in [0.1, 0.15) is 5.75 Å². The lowest BCUT2D eigenvalue weighted by Crippen LogP contribution is -2.22. The van der Waals surface area contributed by atoms with Gasteiger partial charge >= 0.3 is 5.97 Å². The summed E-state index contributed by atoms with van der Waals surface area (Å²) in [5.74, 6) is -1.27. The van der Waals surface area contributed by atoms with Crippen molar-refractivity contribution >= 4 is 23.8 Å². The number of nitrogens with zero attached hydrogens (tertiary/aromatic N) is 2. The SMILES string of the molecule is CC(Oc1ccc(C=NNC(=O)c2cccc([N+](=O)[O-])c2)cc1)C(=O)O. The van der Waals surface area contributed by atoms with Crippen molar-refractivity contribution < 1.29 is 24.4 Å². The Bertz CT molecular complexity index is 848. The second kappa shape index (κ2) is 8.38. The van der Waals surface area contributed by atoms with Gasteiger partial charge in [-0.15, -0.1) is 0 Å². The first-order chi connectivity index (χ1) is 12.4. The maximum Gasteiger partial charge on any atom is 0.344 e. The molecule has 1 amide bonds. The summed E-state index contributed by atoms with van der Waals surface area (Å²) in [5.41, 5.74) is 2.84. The second-order valence-corrected chi connectivity index (χ2v) is 5.17. The average Bonchev–Trinajstić information content (AvgIpc) is 2.63. The van der Waals surface area contributed by atoms with Crippen molar-refractivity contribution in [1.82, 2.24) is 5.43 Å². The minimum Gasteiger partial charge on any atom is -0.479 e. The molecule has 2 N–H and O–H groups in total. The van der Waals surface area contributed by atoms with E-state index in [0.717, 1.165) is 6.07 Å². The van der Waals surface area contributed by atoms with Crippen LogP contribution in [-0.4, -0.2) is 34.2 Å². The number of carboxylic acid groups (broad SMARTS) is 1. The van der Waals surface area contributed by atoms with Crippen LogP contribution in [0.15, 0.2) is 53.6 Å². The molecule has 0 heterocycles. The summed E-state index contributed by atoms with van der Waals surface area (Å²) in [6, 6.07) is 11.7. The number of amides is 1. The van der Waals surface area contributed by atoms with E-state index in [9.17, 15) is 19.7 Å². The van der Waals surface area contributed by atoms with E-state index in [1.54, 1.807) is 24.3 Å². The summed E-state index contributed by atoms with van der Waals surface area (Å²) in [6.45, 7) is 1.42. The maximum absolute atomic E-state index is 11.9. The van der Waals surface area contributed by atoms with Crippen molar-refractivity contribution in [2.24, 2.45) is 5.10 Å². The molecule has 9 nitrogen and oxygen atoms in total. The molecule has 0 saturated heterocycles. The number of rotatable bonds is 7. The van der Waals surface area contributed by atoms with E-state index in [-0.39, 0.29) is 11.3 Å². The molecule has 0 aliphatic carbocycles. The number of carbonyl (C=O) groups excluding carboxylic acids is 1. The summed E-state index contributed by atoms with van der Waals surface area (Å²) in [6.07, 6.45) is 0.406. The van der Waals surface area contributed by atoms with E-state index in [0.29, 0.717) is 11.3 Å². The Labute approximate surface area is 148 Å². The largest absolute Gasteiger partial charge is 0.479 e. The van der Waals surface area contributed by atoms with E-state index >= 15 is 0 Å². The Morgan fingerprint density at radius 1 is 1.27 bits per heavy atom. The Balaban J connectivity index is 1.95. The molecule has 0 fully saturated rings. The van der Waals surface area contributed by atoms with Gasteiger partial charge in [-0.2, -0.15) is 5.10 Å². The predicted octanol–water partition coefficient (Wildman–Crippen LogP) is 2.21. The maximum atomic E-state index is 11.9. The Morgan fingerprint density at radius 2 is 1.96 bits per heavy atom. The summed E-state index contributed by atoms with van der Waals surface area (Å²) in [4.78, 5) is 32.8. The number of nitro groups is 1. The first-order valence-corrected chi connectivity index (χ1v) is 7.44. The lowest BCUT2D eigenvalue weighted by atomic mass is 10.2. The molecule has 0 aliphatic heterocycles. The minimum atomic E-state index is -1.07. The van der Waals surface area contributed by atoms with Gasteiger partial charge in [0.2, 0.25) is 0 Å². The highest BCUT2D eigenvalue weighted by Gasteiger charge is 2.12. The van der Waals surface area contributed by atoms with Crippen LogP contribution in [0.4, 0.5) is 5.69 Å². The topological polar surface area (TPSA) is 131 Å². The zero-order valence-corrected chi connectivity index (χ0v) is 13.7. The molecule has 0 spiro atoms. The molecule has 26 heavy (non-hydrogen) atoms. The van der Waals surface area contributed by atoms with E-state index < -0.39 is 22.9 Å². The third kappa shape index (κ3) is 5.13. The minimum absolute atomic E-state index is 0.114. The van der Waals surface area contributed by atoms with Crippen LogP contribution in [0.1, 0.15) is 22.8 Å². The quantitative estimate of drug-likeness (QED) is 0.444. The van der Waals surface area contributed by atoms with E-state index in [4.69, 9.17) is 9.84 Å². The van der Waals surface area contributed by atoms with Gasteiger partial charge in [-0.25, -0.2) is 10.2 Å². The fraction of sp³-hybridized carbons (Fsp3) is 0.118. The molecule has 0 saturated carbocycles. The van der Waals surface area contributed by atoms with Gasteiger partial charge in [0.25, 0.3) is 11.6 Å². The molecule has 2 aromatic carbocycles. The number of hydrogen-bond donors (Lipinski definition) is 2. The van der Waals surface area contributed by atoms with Crippen LogP contribution in [0.25, 0.3) is 0 Å². The van der Waals surface area contributed by atoms with Crippen LogP contribution < -0.4 is 10.2 Å². The van der Waals surface area contributed by atoms with Crippen molar-refractivity contribution in [2.75, 3.05) is 0 Å². The number of benzene rings is 2. The number of non-ortho nitro benzene ring substituents is 1. The first kappa shape index (κ1) is 18.6. The van der Waals surface area contributed by atoms with Crippen molar-refractivity contribution in [2.45, 2.75) is 13.0 Å². The number of aliphatic carboxylic acids is 1. The lowest BCUT2D eigenvalue weighted by molar-refractivity contribution is -0.384. The number of carbonyl (C=O) groups is 2. The van der Waals surface area contributed by atoms with Gasteiger partial charge in [0, 0.05) is 17.7 Å². The van der Waals surface area contributed by atoms with Gasteiger partial charge in [-0.3, -0.25) is 14.9 Å². The van der Waals surface area contributed by atoms with Crippen molar-refractivity contribution in [3.63, 3.8) is 0 Å². The Kier molecular flexibility index (Phi) is 5.99. The van der Waals surface area contributed by atoms with Gasteiger partial charge in [0.15, 0.2) is 6.10 Å². The van der Waals surface area contributed by atoms with Crippen LogP contribution in [0.5, 0.6) is 5.75 Å². The van der Waals surface area contributed by atoms with Gasteiger partial charge in [0.05, 0.1) is 11.1 Å². The van der Waals surface area contributed by atoms with Crippen LogP contribution in [-0.2, 0) is 4.79 Å². The van der Waals surface area contributed by atoms with Crippen molar-refractivity contribution in [3.8, 4) is 5.75 Å². The third-order valence-electron chi connectivity index (χ3n) is 3.24. The standard InChI is InChI=1S/C17H15N3O6/c1-11(17(22)23)26-15-7-5-12(6-8-15)10-18-19-16(21)13-3-2-4-14(9-13)20(24)25/h2-11H,1H3,(H,19,21)(H,22,23). The summed E-state index contributed by atoms with van der Waals surface area (Å²) in [5, 5.41) is 23.3. The molecule has 1 unspecified atom stereocenters. The number of ether oxygens (including phenoxy) is 1. The molecule has 0 aromatic heterocycles. The van der Waals surface area contributed by atoms with E-state index in [2.05, 4.69) is 10.5 Å². The van der Waals surface area contributed by atoms with Crippen LogP contribution in [0, 0.1) is 10.1 Å². The smallest absolute Gasteiger partial charge is 0.344 e. The van der Waals surface area contributed by atoms with E-state index in [1.807, 2.05) is 0 Å². The second-order valence-electron chi connectivity index (χ2n) is 5.17. The summed E-state index contributed by atoms with van der Waals surface area (Å²) >= 11 is 0. The highest BCUT2D eigenvalue weighted by Crippen LogP contribution is 2.14. The number of nitro benzene ring substituents is 1. The zero-order valence-electron chi connectivity index (χ0n) is 13.7. The highest BCUT2D eigenvalue weighted by molar-refractivity contribution is 5.95. The third-order valence-corrected chi connectivity index (χ3v) is 3.24. The van der Waals surface area contributed by atoms with Crippen molar-refractivity contribution in [3.05, 3.63) is 69.8 Å². The fourth-order valence-corrected chi connectivity index (χ4v) is 1.88. The molecule has 0 radical (unpaired) electrons.